The lowest BCUT2D eigenvalue weighted by atomic mass is 10.0. The number of morpholine rings is 1. The topological polar surface area (TPSA) is 12.5 Å². The summed E-state index contributed by atoms with van der Waals surface area (Å²) in [5.41, 5.74) is -1.04. The average molecular weight is 259 g/mol. The summed E-state index contributed by atoms with van der Waals surface area (Å²) in [4.78, 5) is 1.78. The third-order valence-corrected chi connectivity index (χ3v) is 3.20. The molecule has 0 bridgehead atoms. The van der Waals surface area contributed by atoms with Crippen LogP contribution in [-0.4, -0.2) is 36.4 Å². The minimum absolute atomic E-state index is 0.114. The summed E-state index contributed by atoms with van der Waals surface area (Å²) in [5.74, 6) is 0. The minimum Gasteiger partial charge on any atom is -0.363 e. The predicted molar refractivity (Wildman–Crippen MR) is 62.1 cm³/mol. The second-order valence-electron chi connectivity index (χ2n) is 4.77. The van der Waals surface area contributed by atoms with Crippen LogP contribution >= 0.6 is 0 Å². The highest BCUT2D eigenvalue weighted by molar-refractivity contribution is 5.14. The van der Waals surface area contributed by atoms with E-state index in [1.165, 1.54) is 0 Å². The summed E-state index contributed by atoms with van der Waals surface area (Å²) in [5, 5.41) is 0. The number of hydrogen-bond donors (Lipinski definition) is 0. The van der Waals surface area contributed by atoms with Gasteiger partial charge in [-0.1, -0.05) is 30.3 Å². The van der Waals surface area contributed by atoms with Crippen molar-refractivity contribution in [2.45, 2.75) is 25.2 Å². The summed E-state index contributed by atoms with van der Waals surface area (Å²) in [6, 6.07) is 9.50. The van der Waals surface area contributed by atoms with Crippen molar-refractivity contribution in [2.75, 3.05) is 19.7 Å². The number of benzene rings is 1. The second-order valence-corrected chi connectivity index (χ2v) is 4.77. The van der Waals surface area contributed by atoms with Crippen LogP contribution in [-0.2, 0) is 11.3 Å². The number of rotatable bonds is 2. The molecule has 1 atom stereocenters. The van der Waals surface area contributed by atoms with Gasteiger partial charge in [-0.05, 0) is 12.5 Å². The Morgan fingerprint density at radius 3 is 2.56 bits per heavy atom. The molecule has 0 radical (unpaired) electrons. The van der Waals surface area contributed by atoms with Crippen LogP contribution in [0.25, 0.3) is 0 Å². The van der Waals surface area contributed by atoms with Crippen LogP contribution < -0.4 is 0 Å². The molecule has 2 nitrogen and oxygen atoms in total. The van der Waals surface area contributed by atoms with Gasteiger partial charge in [-0.25, -0.2) is 0 Å². The van der Waals surface area contributed by atoms with Crippen LogP contribution in [0.4, 0.5) is 13.2 Å². The minimum atomic E-state index is -4.33. The van der Waals surface area contributed by atoms with Gasteiger partial charge in [-0.15, -0.1) is 0 Å². The Morgan fingerprint density at radius 2 is 1.94 bits per heavy atom. The maximum atomic E-state index is 12.9. The van der Waals surface area contributed by atoms with Crippen LogP contribution in [0.1, 0.15) is 12.5 Å². The molecule has 1 aromatic carbocycles. The van der Waals surface area contributed by atoms with E-state index in [4.69, 9.17) is 4.74 Å². The predicted octanol–water partition coefficient (Wildman–Crippen LogP) is 2.84. The number of nitrogens with zero attached hydrogens (tertiary/aromatic N) is 1. The molecule has 1 heterocycles. The van der Waals surface area contributed by atoms with E-state index in [2.05, 4.69) is 0 Å². The number of alkyl halides is 3. The van der Waals surface area contributed by atoms with Gasteiger partial charge in [0.1, 0.15) is 0 Å². The number of hydrogen-bond acceptors (Lipinski definition) is 2. The van der Waals surface area contributed by atoms with Crippen molar-refractivity contribution >= 4 is 0 Å². The monoisotopic (exact) mass is 259 g/mol. The molecular formula is C13H16F3NO. The van der Waals surface area contributed by atoms with E-state index in [0.29, 0.717) is 13.1 Å². The molecule has 18 heavy (non-hydrogen) atoms. The van der Waals surface area contributed by atoms with Gasteiger partial charge in [0.05, 0.1) is 6.61 Å². The lowest BCUT2D eigenvalue weighted by Crippen LogP contribution is -2.57. The van der Waals surface area contributed by atoms with E-state index in [-0.39, 0.29) is 13.2 Å². The van der Waals surface area contributed by atoms with Gasteiger partial charge in [-0.2, -0.15) is 13.2 Å². The Morgan fingerprint density at radius 1 is 1.28 bits per heavy atom. The van der Waals surface area contributed by atoms with Crippen LogP contribution in [0.3, 0.4) is 0 Å². The summed E-state index contributed by atoms with van der Waals surface area (Å²) in [7, 11) is 0. The van der Waals surface area contributed by atoms with Crippen molar-refractivity contribution in [2.24, 2.45) is 0 Å². The fraction of sp³-hybridized carbons (Fsp3) is 0.538. The van der Waals surface area contributed by atoms with Crippen molar-refractivity contribution in [3.63, 3.8) is 0 Å². The van der Waals surface area contributed by atoms with Gasteiger partial charge in [0.15, 0.2) is 5.60 Å². The van der Waals surface area contributed by atoms with Gasteiger partial charge in [0.2, 0.25) is 0 Å². The van der Waals surface area contributed by atoms with Crippen LogP contribution in [0.15, 0.2) is 30.3 Å². The van der Waals surface area contributed by atoms with E-state index in [9.17, 15) is 13.2 Å². The molecule has 1 aromatic rings. The molecule has 0 saturated carbocycles. The van der Waals surface area contributed by atoms with Gasteiger partial charge in [0.25, 0.3) is 0 Å². The van der Waals surface area contributed by atoms with Gasteiger partial charge in [0, 0.05) is 19.6 Å². The molecule has 1 fully saturated rings. The molecule has 1 saturated heterocycles. The highest BCUT2D eigenvalue weighted by Crippen LogP contribution is 2.36. The van der Waals surface area contributed by atoms with Crippen molar-refractivity contribution in [1.29, 1.82) is 0 Å². The second kappa shape index (κ2) is 4.90. The Bertz CT molecular complexity index is 393. The zero-order valence-corrected chi connectivity index (χ0v) is 10.2. The third-order valence-electron chi connectivity index (χ3n) is 3.20. The lowest BCUT2D eigenvalue weighted by Gasteiger charge is -2.41. The largest absolute Gasteiger partial charge is 0.418 e. The van der Waals surface area contributed by atoms with Crippen molar-refractivity contribution in [1.82, 2.24) is 4.90 Å². The maximum absolute atomic E-state index is 12.9. The summed E-state index contributed by atoms with van der Waals surface area (Å²) in [6.45, 7) is 2.16. The van der Waals surface area contributed by atoms with Crippen molar-refractivity contribution in [3.05, 3.63) is 35.9 Å². The van der Waals surface area contributed by atoms with Gasteiger partial charge < -0.3 is 4.74 Å². The number of halogens is 3. The summed E-state index contributed by atoms with van der Waals surface area (Å²) < 4.78 is 43.6. The van der Waals surface area contributed by atoms with E-state index < -0.39 is 11.8 Å². The Kier molecular flexibility index (Phi) is 3.64. The molecule has 1 aliphatic rings. The highest BCUT2D eigenvalue weighted by Gasteiger charge is 2.54. The van der Waals surface area contributed by atoms with Gasteiger partial charge in [-0.3, -0.25) is 4.90 Å². The lowest BCUT2D eigenvalue weighted by molar-refractivity contribution is -0.289. The molecule has 100 valence electrons. The van der Waals surface area contributed by atoms with Gasteiger partial charge >= 0.3 is 6.18 Å². The SMILES string of the molecule is CC1(C(F)(F)F)CN(Cc2ccccc2)CCO1. The number of ether oxygens (including phenoxy) is 1. The molecule has 0 aromatic heterocycles. The van der Waals surface area contributed by atoms with Crippen LogP contribution in [0.2, 0.25) is 0 Å². The van der Waals surface area contributed by atoms with Crippen molar-refractivity contribution in [3.8, 4) is 0 Å². The molecule has 5 heteroatoms. The first-order valence-corrected chi connectivity index (χ1v) is 5.88. The molecule has 1 aliphatic heterocycles. The first kappa shape index (κ1) is 13.4. The summed E-state index contributed by atoms with van der Waals surface area (Å²) >= 11 is 0. The van der Waals surface area contributed by atoms with Crippen molar-refractivity contribution < 1.29 is 17.9 Å². The molecular weight excluding hydrogens is 243 g/mol. The van der Waals surface area contributed by atoms with E-state index >= 15 is 0 Å². The highest BCUT2D eigenvalue weighted by atomic mass is 19.4. The quantitative estimate of drug-likeness (QED) is 0.809. The normalized spacial score (nSPS) is 26.2. The van der Waals surface area contributed by atoms with E-state index in [1.54, 1.807) is 4.90 Å². The zero-order valence-electron chi connectivity index (χ0n) is 10.2. The fourth-order valence-electron chi connectivity index (χ4n) is 2.10. The van der Waals surface area contributed by atoms with E-state index in [1.807, 2.05) is 30.3 Å². The maximum Gasteiger partial charge on any atom is 0.418 e. The molecule has 0 amide bonds. The standard InChI is InChI=1S/C13H16F3NO/c1-12(13(14,15)16)10-17(7-8-18-12)9-11-5-3-2-4-6-11/h2-6H,7-10H2,1H3. The average Bonchev–Trinajstić information content (AvgIpc) is 2.29. The molecule has 0 aliphatic carbocycles. The smallest absolute Gasteiger partial charge is 0.363 e. The van der Waals surface area contributed by atoms with E-state index in [0.717, 1.165) is 12.5 Å². The third kappa shape index (κ3) is 2.84. The van der Waals surface area contributed by atoms with Crippen LogP contribution in [0, 0.1) is 0 Å². The zero-order chi connectivity index (χ0) is 13.2. The fourth-order valence-corrected chi connectivity index (χ4v) is 2.10. The Balaban J connectivity index is 2.04. The Labute approximate surface area is 104 Å². The molecule has 1 unspecified atom stereocenters. The first-order valence-electron chi connectivity index (χ1n) is 5.88. The van der Waals surface area contributed by atoms with Crippen LogP contribution in [0.5, 0.6) is 0 Å². The summed E-state index contributed by atoms with van der Waals surface area (Å²) in [6.07, 6.45) is -4.33. The first-order chi connectivity index (χ1) is 8.41. The molecule has 0 spiro atoms. The molecule has 2 rings (SSSR count). The Hall–Kier alpha value is -1.07. The molecule has 0 N–H and O–H groups in total.